The molecule has 6 nitrogen and oxygen atoms in total. The highest BCUT2D eigenvalue weighted by molar-refractivity contribution is 6.29. The van der Waals surface area contributed by atoms with Crippen LogP contribution in [-0.2, 0) is 4.79 Å². The van der Waals surface area contributed by atoms with Gasteiger partial charge in [0, 0.05) is 29.8 Å². The lowest BCUT2D eigenvalue weighted by Crippen LogP contribution is -2.26. The van der Waals surface area contributed by atoms with E-state index in [1.807, 2.05) is 0 Å². The quantitative estimate of drug-likeness (QED) is 0.541. The van der Waals surface area contributed by atoms with E-state index in [1.165, 1.54) is 25.1 Å². The van der Waals surface area contributed by atoms with Crippen molar-refractivity contribution >= 4 is 17.5 Å². The first kappa shape index (κ1) is 13.9. The van der Waals surface area contributed by atoms with Gasteiger partial charge in [0.1, 0.15) is 5.75 Å². The molecular formula is C16H11NO5. The van der Waals surface area contributed by atoms with Gasteiger partial charge in [0.15, 0.2) is 11.6 Å². The minimum atomic E-state index is -0.596. The Morgan fingerprint density at radius 3 is 2.41 bits per heavy atom. The number of carbonyl (C=O) groups excluding carboxylic acids is 3. The van der Waals surface area contributed by atoms with Crippen LogP contribution >= 0.6 is 0 Å². The van der Waals surface area contributed by atoms with Crippen molar-refractivity contribution in [2.75, 3.05) is 0 Å². The van der Waals surface area contributed by atoms with Gasteiger partial charge in [0.2, 0.25) is 5.56 Å². The van der Waals surface area contributed by atoms with E-state index in [0.717, 1.165) is 6.07 Å². The molecule has 0 bridgehead atoms. The van der Waals surface area contributed by atoms with Gasteiger partial charge < -0.3 is 9.72 Å². The second-order valence-electron chi connectivity index (χ2n) is 4.98. The number of aromatic amines is 1. The Balaban J connectivity index is 2.32. The molecule has 1 aromatic carbocycles. The van der Waals surface area contributed by atoms with E-state index in [9.17, 15) is 19.2 Å². The summed E-state index contributed by atoms with van der Waals surface area (Å²) in [6, 6.07) is 5.57. The fourth-order valence-corrected chi connectivity index (χ4v) is 2.62. The van der Waals surface area contributed by atoms with Crippen LogP contribution in [0.1, 0.15) is 44.5 Å². The second kappa shape index (κ2) is 4.77. The van der Waals surface area contributed by atoms with E-state index in [4.69, 9.17) is 4.74 Å². The summed E-state index contributed by atoms with van der Waals surface area (Å²) >= 11 is 0. The zero-order chi connectivity index (χ0) is 16.0. The van der Waals surface area contributed by atoms with Crippen molar-refractivity contribution in [2.24, 2.45) is 0 Å². The number of carbonyl (C=O) groups is 3. The predicted molar refractivity (Wildman–Crippen MR) is 76.4 cm³/mol. The molecule has 1 heterocycles. The van der Waals surface area contributed by atoms with Crippen LogP contribution in [0, 0.1) is 6.92 Å². The number of pyridine rings is 1. The highest BCUT2D eigenvalue weighted by atomic mass is 16.5. The zero-order valence-corrected chi connectivity index (χ0v) is 11.9. The van der Waals surface area contributed by atoms with Crippen LogP contribution in [0.25, 0.3) is 0 Å². The Bertz CT molecular complexity index is 907. The number of fused-ring (bicyclic) bond motifs is 2. The van der Waals surface area contributed by atoms with Gasteiger partial charge in [0.25, 0.3) is 0 Å². The molecule has 0 atom stereocenters. The predicted octanol–water partition coefficient (Wildman–Crippen LogP) is 1.38. The van der Waals surface area contributed by atoms with Crippen LogP contribution < -0.4 is 10.3 Å². The minimum absolute atomic E-state index is 0.0141. The van der Waals surface area contributed by atoms with Crippen molar-refractivity contribution in [2.45, 2.75) is 13.8 Å². The van der Waals surface area contributed by atoms with E-state index in [1.54, 1.807) is 6.92 Å². The summed E-state index contributed by atoms with van der Waals surface area (Å²) in [5, 5.41) is 0. The topological polar surface area (TPSA) is 93.3 Å². The van der Waals surface area contributed by atoms with E-state index in [-0.39, 0.29) is 33.8 Å². The summed E-state index contributed by atoms with van der Waals surface area (Å²) in [5.74, 6) is -1.46. The molecule has 0 unspecified atom stereocenters. The SMILES string of the molecule is CC(=O)Oc1cccc2c1C(=O)c1cc(=O)[nH]c(C)c1C2=O. The maximum absolute atomic E-state index is 12.7. The maximum Gasteiger partial charge on any atom is 0.308 e. The van der Waals surface area contributed by atoms with Gasteiger partial charge in [-0.1, -0.05) is 12.1 Å². The summed E-state index contributed by atoms with van der Waals surface area (Å²) in [4.78, 5) is 50.5. The Labute approximate surface area is 124 Å². The lowest BCUT2D eigenvalue weighted by atomic mass is 9.83. The van der Waals surface area contributed by atoms with Crippen LogP contribution in [-0.4, -0.2) is 22.5 Å². The molecule has 3 rings (SSSR count). The molecule has 1 aromatic heterocycles. The number of hydrogen-bond donors (Lipinski definition) is 1. The fraction of sp³-hybridized carbons (Fsp3) is 0.125. The molecule has 0 saturated carbocycles. The lowest BCUT2D eigenvalue weighted by Gasteiger charge is -2.20. The van der Waals surface area contributed by atoms with Crippen LogP contribution in [0.5, 0.6) is 5.75 Å². The highest BCUT2D eigenvalue weighted by Crippen LogP contribution is 2.33. The Kier molecular flexibility index (Phi) is 3.02. The third kappa shape index (κ3) is 1.96. The fourth-order valence-electron chi connectivity index (χ4n) is 2.62. The van der Waals surface area contributed by atoms with Gasteiger partial charge in [-0.15, -0.1) is 0 Å². The largest absolute Gasteiger partial charge is 0.426 e. The first-order valence-electron chi connectivity index (χ1n) is 6.55. The number of rotatable bonds is 1. The number of benzene rings is 1. The van der Waals surface area contributed by atoms with Crippen molar-refractivity contribution in [1.29, 1.82) is 0 Å². The average Bonchev–Trinajstić information content (AvgIpc) is 2.43. The summed E-state index contributed by atoms with van der Waals surface area (Å²) in [5.41, 5.74) is 0.247. The summed E-state index contributed by atoms with van der Waals surface area (Å²) < 4.78 is 5.01. The van der Waals surface area contributed by atoms with E-state index in [0.29, 0.717) is 5.69 Å². The molecule has 6 heteroatoms. The Morgan fingerprint density at radius 2 is 1.73 bits per heavy atom. The molecule has 110 valence electrons. The highest BCUT2D eigenvalue weighted by Gasteiger charge is 2.34. The van der Waals surface area contributed by atoms with Crippen LogP contribution in [0.2, 0.25) is 0 Å². The molecule has 1 aliphatic carbocycles. The number of ether oxygens (including phenoxy) is 1. The van der Waals surface area contributed by atoms with Crippen LogP contribution in [0.3, 0.4) is 0 Å². The number of ketones is 2. The first-order valence-corrected chi connectivity index (χ1v) is 6.55. The summed E-state index contributed by atoms with van der Waals surface area (Å²) in [7, 11) is 0. The van der Waals surface area contributed by atoms with Crippen LogP contribution in [0.15, 0.2) is 29.1 Å². The molecular weight excluding hydrogens is 286 g/mol. The molecule has 1 N–H and O–H groups in total. The standard InChI is InChI=1S/C16H11NO5/c1-7-13-10(6-12(19)17-7)16(21)14-9(15(13)20)4-3-5-11(14)22-8(2)18/h3-6H,1-2H3,(H,17,19). The number of aryl methyl sites for hydroxylation is 1. The number of nitrogens with one attached hydrogen (secondary N) is 1. The summed E-state index contributed by atoms with van der Waals surface area (Å²) in [6.07, 6.45) is 0. The third-order valence-corrected chi connectivity index (χ3v) is 3.45. The number of aromatic nitrogens is 1. The van der Waals surface area contributed by atoms with Gasteiger partial charge in [-0.05, 0) is 13.0 Å². The Hall–Kier alpha value is -3.02. The molecule has 0 fully saturated rings. The van der Waals surface area contributed by atoms with Gasteiger partial charge in [0.05, 0.1) is 11.1 Å². The minimum Gasteiger partial charge on any atom is -0.426 e. The van der Waals surface area contributed by atoms with Crippen LogP contribution in [0.4, 0.5) is 0 Å². The van der Waals surface area contributed by atoms with Crippen molar-refractivity contribution < 1.29 is 19.1 Å². The van der Waals surface area contributed by atoms with E-state index < -0.39 is 17.3 Å². The number of hydrogen-bond acceptors (Lipinski definition) is 5. The van der Waals surface area contributed by atoms with Gasteiger partial charge >= 0.3 is 5.97 Å². The molecule has 2 aromatic rings. The van der Waals surface area contributed by atoms with E-state index >= 15 is 0 Å². The number of esters is 1. The Morgan fingerprint density at radius 1 is 1.05 bits per heavy atom. The lowest BCUT2D eigenvalue weighted by molar-refractivity contribution is -0.131. The maximum atomic E-state index is 12.7. The van der Waals surface area contributed by atoms with Crippen molar-refractivity contribution in [3.05, 3.63) is 62.6 Å². The molecule has 0 saturated heterocycles. The zero-order valence-electron chi connectivity index (χ0n) is 11.9. The first-order chi connectivity index (χ1) is 10.4. The third-order valence-electron chi connectivity index (χ3n) is 3.45. The second-order valence-corrected chi connectivity index (χ2v) is 4.98. The van der Waals surface area contributed by atoms with Gasteiger partial charge in [-0.2, -0.15) is 0 Å². The van der Waals surface area contributed by atoms with Gasteiger partial charge in [-0.3, -0.25) is 19.2 Å². The number of H-pyrrole nitrogens is 1. The smallest absolute Gasteiger partial charge is 0.308 e. The van der Waals surface area contributed by atoms with Gasteiger partial charge in [-0.25, -0.2) is 0 Å². The van der Waals surface area contributed by atoms with Crippen molar-refractivity contribution in [3.8, 4) is 5.75 Å². The van der Waals surface area contributed by atoms with Crippen molar-refractivity contribution in [1.82, 2.24) is 4.98 Å². The van der Waals surface area contributed by atoms with E-state index in [2.05, 4.69) is 4.98 Å². The van der Waals surface area contributed by atoms with Crippen molar-refractivity contribution in [3.63, 3.8) is 0 Å². The normalized spacial score (nSPS) is 12.6. The average molecular weight is 297 g/mol. The summed E-state index contributed by atoms with van der Waals surface area (Å²) in [6.45, 7) is 2.77. The molecule has 0 spiro atoms. The molecule has 0 amide bonds. The molecule has 0 radical (unpaired) electrons. The molecule has 22 heavy (non-hydrogen) atoms. The molecule has 1 aliphatic rings. The molecule has 0 aliphatic heterocycles. The monoisotopic (exact) mass is 297 g/mol.